The van der Waals surface area contributed by atoms with E-state index in [2.05, 4.69) is 10.8 Å². The third-order valence-electron chi connectivity index (χ3n) is 3.84. The number of rotatable bonds is 22. The van der Waals surface area contributed by atoms with E-state index in [-0.39, 0.29) is 32.7 Å². The third kappa shape index (κ3) is 16.2. The van der Waals surface area contributed by atoms with Crippen molar-refractivity contribution in [1.29, 1.82) is 0 Å². The summed E-state index contributed by atoms with van der Waals surface area (Å²) >= 11 is 0. The molecule has 1 fully saturated rings. The summed E-state index contributed by atoms with van der Waals surface area (Å²) in [6, 6.07) is 0. The highest BCUT2D eigenvalue weighted by atomic mass is 16.7. The van der Waals surface area contributed by atoms with E-state index < -0.39 is 17.8 Å². The van der Waals surface area contributed by atoms with Crippen LogP contribution >= 0.6 is 0 Å². The molecule has 0 atom stereocenters. The van der Waals surface area contributed by atoms with Crippen molar-refractivity contribution in [2.75, 3.05) is 92.5 Å². The van der Waals surface area contributed by atoms with Crippen LogP contribution in [0, 0.1) is 12.3 Å². The van der Waals surface area contributed by atoms with Gasteiger partial charge in [-0.25, -0.2) is 4.79 Å². The fourth-order valence-corrected chi connectivity index (χ4v) is 2.29. The lowest BCUT2D eigenvalue weighted by atomic mass is 10.4. The van der Waals surface area contributed by atoms with Crippen molar-refractivity contribution in [1.82, 2.24) is 5.06 Å². The van der Waals surface area contributed by atoms with Gasteiger partial charge in [-0.05, 0) is 0 Å². The molecule has 0 aliphatic carbocycles. The normalized spacial score (nSPS) is 13.5. The number of hydrogen-bond acceptors (Lipinski definition) is 11. The fraction of sp³-hybridized carbons (Fsp3) is 0.762. The number of amides is 2. The topological polar surface area (TPSA) is 128 Å². The highest BCUT2D eigenvalue weighted by molar-refractivity contribution is 6.01. The van der Waals surface area contributed by atoms with Gasteiger partial charge in [-0.3, -0.25) is 9.59 Å². The van der Waals surface area contributed by atoms with E-state index in [4.69, 9.17) is 39.6 Å². The molecular formula is C21H33NO11. The van der Waals surface area contributed by atoms with E-state index in [0.717, 1.165) is 0 Å². The number of terminal acetylenes is 1. The second kappa shape index (κ2) is 20.5. The van der Waals surface area contributed by atoms with E-state index in [1.54, 1.807) is 0 Å². The first-order valence-corrected chi connectivity index (χ1v) is 10.7. The Morgan fingerprint density at radius 1 is 0.667 bits per heavy atom. The van der Waals surface area contributed by atoms with Crippen LogP contribution in [0.25, 0.3) is 0 Å². The average Bonchev–Trinajstić information content (AvgIpc) is 3.12. The number of carbonyl (C=O) groups is 3. The molecule has 0 aromatic carbocycles. The number of carbonyl (C=O) groups excluding carboxylic acids is 3. The molecule has 0 bridgehead atoms. The molecule has 0 aromatic heterocycles. The summed E-state index contributed by atoms with van der Waals surface area (Å²) < 4.78 is 36.8. The number of ether oxygens (including phenoxy) is 7. The first kappa shape index (κ1) is 28.9. The molecule has 1 heterocycles. The minimum absolute atomic E-state index is 0.0471. The van der Waals surface area contributed by atoms with Gasteiger partial charge in [0.15, 0.2) is 0 Å². The maximum atomic E-state index is 11.5. The second-order valence-electron chi connectivity index (χ2n) is 6.42. The molecule has 1 saturated heterocycles. The third-order valence-corrected chi connectivity index (χ3v) is 3.84. The molecule has 12 nitrogen and oxygen atoms in total. The minimum atomic E-state index is -0.817. The van der Waals surface area contributed by atoms with Crippen LogP contribution in [0.3, 0.4) is 0 Å². The van der Waals surface area contributed by atoms with Crippen molar-refractivity contribution < 1.29 is 52.4 Å². The molecule has 12 heteroatoms. The lowest BCUT2D eigenvalue weighted by Gasteiger charge is -2.12. The molecule has 188 valence electrons. The second-order valence-corrected chi connectivity index (χ2v) is 6.42. The molecule has 0 saturated carbocycles. The first-order valence-electron chi connectivity index (χ1n) is 10.7. The van der Waals surface area contributed by atoms with Crippen molar-refractivity contribution >= 4 is 17.8 Å². The largest absolute Gasteiger partial charge is 0.377 e. The number of imide groups is 1. The van der Waals surface area contributed by atoms with Gasteiger partial charge in [0.05, 0.1) is 79.3 Å². The molecule has 0 N–H and O–H groups in total. The Bertz CT molecular complexity index is 577. The highest BCUT2D eigenvalue weighted by Gasteiger charge is 2.32. The summed E-state index contributed by atoms with van der Waals surface area (Å²) in [5.74, 6) is 0.495. The van der Waals surface area contributed by atoms with Crippen molar-refractivity contribution in [3.63, 3.8) is 0 Å². The van der Waals surface area contributed by atoms with Gasteiger partial charge in [0, 0.05) is 12.8 Å². The van der Waals surface area contributed by atoms with Gasteiger partial charge in [-0.1, -0.05) is 5.92 Å². The Hall–Kier alpha value is -2.11. The zero-order chi connectivity index (χ0) is 24.0. The van der Waals surface area contributed by atoms with E-state index in [1.165, 1.54) is 0 Å². The number of hydroxylamine groups is 2. The van der Waals surface area contributed by atoms with Gasteiger partial charge in [-0.2, -0.15) is 0 Å². The van der Waals surface area contributed by atoms with Gasteiger partial charge in [-0.15, -0.1) is 11.5 Å². The summed E-state index contributed by atoms with van der Waals surface area (Å²) in [7, 11) is 0. The van der Waals surface area contributed by atoms with Crippen LogP contribution in [0.4, 0.5) is 0 Å². The van der Waals surface area contributed by atoms with Crippen molar-refractivity contribution in [2.24, 2.45) is 0 Å². The van der Waals surface area contributed by atoms with Crippen LogP contribution in [0.15, 0.2) is 0 Å². The molecule has 0 unspecified atom stereocenters. The summed E-state index contributed by atoms with van der Waals surface area (Å²) in [6.45, 7) is 4.80. The minimum Gasteiger partial charge on any atom is -0.377 e. The van der Waals surface area contributed by atoms with Crippen LogP contribution in [-0.4, -0.2) is 115 Å². The molecule has 2 amide bonds. The molecule has 1 aliphatic rings. The Morgan fingerprint density at radius 3 is 1.42 bits per heavy atom. The van der Waals surface area contributed by atoms with Gasteiger partial charge in [0.1, 0.15) is 13.2 Å². The van der Waals surface area contributed by atoms with Gasteiger partial charge >= 0.3 is 5.97 Å². The van der Waals surface area contributed by atoms with Crippen LogP contribution in [0.1, 0.15) is 12.8 Å². The lowest BCUT2D eigenvalue weighted by molar-refractivity contribution is -0.200. The Morgan fingerprint density at radius 2 is 1.03 bits per heavy atom. The van der Waals surface area contributed by atoms with Crippen LogP contribution in [-0.2, 0) is 52.4 Å². The molecule has 0 radical (unpaired) electrons. The summed E-state index contributed by atoms with van der Waals surface area (Å²) in [4.78, 5) is 38.8. The van der Waals surface area contributed by atoms with E-state index in [9.17, 15) is 14.4 Å². The molecule has 0 aromatic rings. The van der Waals surface area contributed by atoms with Crippen LogP contribution in [0.2, 0.25) is 0 Å². The van der Waals surface area contributed by atoms with E-state index in [0.29, 0.717) is 77.7 Å². The standard InChI is InChI=1S/C21H33NO11/c1-2-5-26-6-7-27-8-9-28-10-11-29-12-13-30-14-15-31-16-17-32-18-21(25)33-22-19(23)3-4-20(22)24/h1H,3-18H2. The molecule has 33 heavy (non-hydrogen) atoms. The lowest BCUT2D eigenvalue weighted by Crippen LogP contribution is -2.33. The number of nitrogens with zero attached hydrogens (tertiary/aromatic N) is 1. The average molecular weight is 475 g/mol. The SMILES string of the molecule is C#CCOCCOCCOCCOCCOCCOCCOCC(=O)ON1C(=O)CCC1=O. The zero-order valence-electron chi connectivity index (χ0n) is 18.8. The van der Waals surface area contributed by atoms with E-state index >= 15 is 0 Å². The smallest absolute Gasteiger partial charge is 0.358 e. The summed E-state index contributed by atoms with van der Waals surface area (Å²) in [5.41, 5.74) is 0. The van der Waals surface area contributed by atoms with Gasteiger partial charge < -0.3 is 38.0 Å². The Kier molecular flexibility index (Phi) is 18.0. The summed E-state index contributed by atoms with van der Waals surface area (Å²) in [5, 5.41) is 0.480. The van der Waals surface area contributed by atoms with Crippen molar-refractivity contribution in [3.8, 4) is 12.3 Å². The predicted molar refractivity (Wildman–Crippen MR) is 112 cm³/mol. The molecular weight excluding hydrogens is 442 g/mol. The van der Waals surface area contributed by atoms with E-state index in [1.807, 2.05) is 0 Å². The molecule has 1 aliphatic heterocycles. The fourth-order valence-electron chi connectivity index (χ4n) is 2.29. The van der Waals surface area contributed by atoms with Crippen LogP contribution < -0.4 is 0 Å². The quantitative estimate of drug-likeness (QED) is 0.112. The predicted octanol–water partition coefficient (Wildman–Crippen LogP) is -0.657. The zero-order valence-corrected chi connectivity index (χ0v) is 18.8. The molecule has 0 spiro atoms. The maximum absolute atomic E-state index is 11.5. The first-order chi connectivity index (χ1) is 16.1. The van der Waals surface area contributed by atoms with Gasteiger partial charge in [0.2, 0.25) is 0 Å². The van der Waals surface area contributed by atoms with Gasteiger partial charge in [0.25, 0.3) is 11.8 Å². The highest BCUT2D eigenvalue weighted by Crippen LogP contribution is 2.11. The van der Waals surface area contributed by atoms with Crippen molar-refractivity contribution in [3.05, 3.63) is 0 Å². The van der Waals surface area contributed by atoms with Crippen molar-refractivity contribution in [2.45, 2.75) is 12.8 Å². The maximum Gasteiger partial charge on any atom is 0.358 e. The Labute approximate surface area is 193 Å². The van der Waals surface area contributed by atoms with Crippen LogP contribution in [0.5, 0.6) is 0 Å². The Balaban J connectivity index is 1.73. The molecule has 1 rings (SSSR count). The monoisotopic (exact) mass is 475 g/mol. The summed E-state index contributed by atoms with van der Waals surface area (Å²) in [6.07, 6.45) is 5.14. The number of hydrogen-bond donors (Lipinski definition) is 0.